The predicted octanol–water partition coefficient (Wildman–Crippen LogP) is 7.02. The van der Waals surface area contributed by atoms with Gasteiger partial charge in [0.2, 0.25) is 11.9 Å². The van der Waals surface area contributed by atoms with Gasteiger partial charge in [0.15, 0.2) is 0 Å². The fraction of sp³-hybridized carbons (Fsp3) is 0.773. The van der Waals surface area contributed by atoms with Gasteiger partial charge in [0.25, 0.3) is 0 Å². The Morgan fingerprint density at radius 2 is 1.52 bits per heavy atom. The lowest BCUT2D eigenvalue weighted by Crippen LogP contribution is -2.25. The topological polar surface area (TPSA) is 12.9 Å². The molecular formula is C22H33F2N. The lowest BCUT2D eigenvalue weighted by atomic mass is 9.68. The van der Waals surface area contributed by atoms with Crippen molar-refractivity contribution in [2.24, 2.45) is 17.8 Å². The first-order chi connectivity index (χ1) is 12.2. The number of nitrogens with zero attached hydrogens (tertiary/aromatic N) is 1. The van der Waals surface area contributed by atoms with Crippen LogP contribution < -0.4 is 0 Å². The van der Waals surface area contributed by atoms with Gasteiger partial charge < -0.3 is 0 Å². The number of aromatic nitrogens is 1. The maximum Gasteiger partial charge on any atom is 0.218 e. The number of rotatable bonds is 6. The van der Waals surface area contributed by atoms with Crippen molar-refractivity contribution in [2.45, 2.75) is 89.9 Å². The summed E-state index contributed by atoms with van der Waals surface area (Å²) >= 11 is 0. The number of halogens is 2. The predicted molar refractivity (Wildman–Crippen MR) is 98.4 cm³/mol. The van der Waals surface area contributed by atoms with E-state index in [9.17, 15) is 8.78 Å². The van der Waals surface area contributed by atoms with Crippen LogP contribution in [-0.2, 0) is 0 Å². The normalized spacial score (nSPS) is 30.4. The Morgan fingerprint density at radius 3 is 2.12 bits per heavy atom. The van der Waals surface area contributed by atoms with Crippen molar-refractivity contribution in [1.29, 1.82) is 0 Å². The van der Waals surface area contributed by atoms with E-state index in [1.54, 1.807) is 6.07 Å². The van der Waals surface area contributed by atoms with E-state index >= 15 is 0 Å². The maximum atomic E-state index is 13.9. The van der Waals surface area contributed by atoms with Gasteiger partial charge in [-0.25, -0.2) is 0 Å². The highest BCUT2D eigenvalue weighted by molar-refractivity contribution is 5.17. The molecule has 2 aliphatic rings. The van der Waals surface area contributed by atoms with Crippen LogP contribution in [-0.4, -0.2) is 4.98 Å². The molecule has 0 bridgehead atoms. The zero-order chi connectivity index (χ0) is 17.6. The van der Waals surface area contributed by atoms with E-state index in [1.807, 2.05) is 0 Å². The highest BCUT2D eigenvalue weighted by Gasteiger charge is 2.32. The van der Waals surface area contributed by atoms with Crippen LogP contribution in [0.4, 0.5) is 8.78 Å². The van der Waals surface area contributed by atoms with Gasteiger partial charge in [-0.05, 0) is 74.3 Å². The number of hydrogen-bond donors (Lipinski definition) is 0. The average Bonchev–Trinajstić information content (AvgIpc) is 2.63. The second-order valence-corrected chi connectivity index (χ2v) is 8.40. The van der Waals surface area contributed by atoms with Crippen LogP contribution in [0.2, 0.25) is 0 Å². The van der Waals surface area contributed by atoms with E-state index in [0.717, 1.165) is 30.6 Å². The molecule has 0 unspecified atom stereocenters. The third kappa shape index (κ3) is 5.01. The summed E-state index contributed by atoms with van der Waals surface area (Å²) in [6, 6.07) is 2.90. The van der Waals surface area contributed by atoms with Gasteiger partial charge in [-0.1, -0.05) is 45.4 Å². The van der Waals surface area contributed by atoms with Crippen molar-refractivity contribution in [2.75, 3.05) is 0 Å². The van der Waals surface area contributed by atoms with E-state index in [4.69, 9.17) is 0 Å². The minimum atomic E-state index is -0.717. The van der Waals surface area contributed by atoms with Crippen LogP contribution in [0.25, 0.3) is 0 Å². The molecule has 140 valence electrons. The van der Waals surface area contributed by atoms with Crippen LogP contribution in [0.15, 0.2) is 12.1 Å². The molecule has 2 aliphatic carbocycles. The molecule has 1 nitrogen and oxygen atoms in total. The molecular weight excluding hydrogens is 316 g/mol. The van der Waals surface area contributed by atoms with Crippen LogP contribution in [0.5, 0.6) is 0 Å². The third-order valence-corrected chi connectivity index (χ3v) is 6.83. The lowest BCUT2D eigenvalue weighted by Gasteiger charge is -2.38. The number of hydrogen-bond acceptors (Lipinski definition) is 1. The van der Waals surface area contributed by atoms with Crippen LogP contribution >= 0.6 is 0 Å². The van der Waals surface area contributed by atoms with Gasteiger partial charge in [-0.2, -0.15) is 13.8 Å². The Morgan fingerprint density at radius 1 is 0.880 bits per heavy atom. The van der Waals surface area contributed by atoms with Crippen molar-refractivity contribution < 1.29 is 8.78 Å². The summed E-state index contributed by atoms with van der Waals surface area (Å²) in [4.78, 5) is 3.36. The lowest BCUT2D eigenvalue weighted by molar-refractivity contribution is 0.155. The van der Waals surface area contributed by atoms with Crippen molar-refractivity contribution in [3.63, 3.8) is 0 Å². The molecule has 0 N–H and O–H groups in total. The van der Waals surface area contributed by atoms with Crippen molar-refractivity contribution >= 4 is 0 Å². The Hall–Kier alpha value is -0.990. The molecule has 25 heavy (non-hydrogen) atoms. The molecule has 0 atom stereocenters. The number of pyridine rings is 1. The second-order valence-electron chi connectivity index (χ2n) is 8.40. The minimum absolute atomic E-state index is 0.231. The molecule has 0 aliphatic heterocycles. The summed E-state index contributed by atoms with van der Waals surface area (Å²) in [5.74, 6) is 1.60. The molecule has 1 heterocycles. The van der Waals surface area contributed by atoms with E-state index in [1.165, 1.54) is 70.3 Å². The molecule has 2 fully saturated rings. The van der Waals surface area contributed by atoms with Crippen molar-refractivity contribution in [3.8, 4) is 0 Å². The summed E-state index contributed by atoms with van der Waals surface area (Å²) in [7, 11) is 0. The fourth-order valence-electron chi connectivity index (χ4n) is 5.26. The first-order valence-corrected chi connectivity index (χ1v) is 10.5. The Balaban J connectivity index is 1.44. The molecule has 0 spiro atoms. The highest BCUT2D eigenvalue weighted by Crippen LogP contribution is 2.44. The summed E-state index contributed by atoms with van der Waals surface area (Å²) < 4.78 is 26.9. The van der Waals surface area contributed by atoms with Gasteiger partial charge in [-0.15, -0.1) is 0 Å². The second kappa shape index (κ2) is 9.09. The summed E-state index contributed by atoms with van der Waals surface area (Å²) in [5, 5.41) is 0. The standard InChI is InChI=1S/C22H33F2N/c1-2-3-4-5-16-6-8-17(9-7-16)18-10-12-19(13-11-18)20-14-15-21(23)25-22(20)24/h14-19H,2-13H2,1H3. The first-order valence-electron chi connectivity index (χ1n) is 10.5. The smallest absolute Gasteiger partial charge is 0.190 e. The molecule has 0 saturated heterocycles. The molecule has 2 saturated carbocycles. The Bertz CT molecular complexity index is 529. The van der Waals surface area contributed by atoms with Gasteiger partial charge in [-0.3, -0.25) is 0 Å². The molecule has 1 aromatic heterocycles. The zero-order valence-electron chi connectivity index (χ0n) is 15.7. The molecule has 0 radical (unpaired) electrons. The van der Waals surface area contributed by atoms with E-state index < -0.39 is 11.9 Å². The molecule has 3 rings (SSSR count). The Kier molecular flexibility index (Phi) is 6.84. The van der Waals surface area contributed by atoms with Crippen LogP contribution in [0, 0.1) is 29.6 Å². The van der Waals surface area contributed by atoms with Crippen LogP contribution in [0.1, 0.15) is 95.5 Å². The third-order valence-electron chi connectivity index (χ3n) is 6.83. The van der Waals surface area contributed by atoms with Gasteiger partial charge in [0.1, 0.15) is 0 Å². The molecule has 0 amide bonds. The van der Waals surface area contributed by atoms with E-state index in [0.29, 0.717) is 5.56 Å². The summed E-state index contributed by atoms with van der Waals surface area (Å²) in [6.07, 6.45) is 15.7. The maximum absolute atomic E-state index is 13.9. The summed E-state index contributed by atoms with van der Waals surface area (Å²) in [6.45, 7) is 2.28. The van der Waals surface area contributed by atoms with Gasteiger partial charge >= 0.3 is 0 Å². The quantitative estimate of drug-likeness (QED) is 0.397. The average molecular weight is 350 g/mol. The van der Waals surface area contributed by atoms with Crippen LogP contribution in [0.3, 0.4) is 0 Å². The molecule has 0 aromatic carbocycles. The highest BCUT2D eigenvalue weighted by atomic mass is 19.1. The summed E-state index contributed by atoms with van der Waals surface area (Å²) in [5.41, 5.74) is 0.625. The largest absolute Gasteiger partial charge is 0.218 e. The minimum Gasteiger partial charge on any atom is -0.190 e. The Labute approximate surface area is 151 Å². The molecule has 3 heteroatoms. The van der Waals surface area contributed by atoms with Crippen molar-refractivity contribution in [3.05, 3.63) is 29.6 Å². The number of unbranched alkanes of at least 4 members (excludes halogenated alkanes) is 2. The SMILES string of the molecule is CCCCCC1CCC(C2CCC(c3ccc(F)nc3F)CC2)CC1. The van der Waals surface area contributed by atoms with E-state index in [2.05, 4.69) is 11.9 Å². The zero-order valence-corrected chi connectivity index (χ0v) is 15.7. The van der Waals surface area contributed by atoms with Gasteiger partial charge in [0, 0.05) is 5.56 Å². The monoisotopic (exact) mass is 349 g/mol. The van der Waals surface area contributed by atoms with E-state index in [-0.39, 0.29) is 5.92 Å². The first kappa shape index (κ1) is 18.8. The van der Waals surface area contributed by atoms with Gasteiger partial charge in [0.05, 0.1) is 0 Å². The fourth-order valence-corrected chi connectivity index (χ4v) is 5.26. The van der Waals surface area contributed by atoms with Crippen molar-refractivity contribution in [1.82, 2.24) is 4.98 Å². The molecule has 1 aromatic rings.